The molecule has 0 aliphatic rings. The van der Waals surface area contributed by atoms with E-state index in [2.05, 4.69) is 9.13 Å². The zero-order valence-corrected chi connectivity index (χ0v) is 15.2. The monoisotopic (exact) mass is 336 g/mol. The quantitative estimate of drug-likeness (QED) is 0.825. The van der Waals surface area contributed by atoms with Crippen LogP contribution < -0.4 is 5.14 Å². The Morgan fingerprint density at radius 3 is 2.52 bits per heavy atom. The third-order valence-electron chi connectivity index (χ3n) is 3.61. The highest BCUT2D eigenvalue weighted by Gasteiger charge is 2.38. The number of aliphatic hydroxyl groups excluding tert-OH is 1. The fourth-order valence-electron chi connectivity index (χ4n) is 1.46. The molecular weight excluding hydrogens is 311 g/mol. The van der Waals surface area contributed by atoms with Crippen LogP contribution in [0.2, 0.25) is 18.1 Å². The van der Waals surface area contributed by atoms with Crippen molar-refractivity contribution >= 4 is 18.2 Å². The fraction of sp³-hybridized carbons (Fsp3) is 0.750. The van der Waals surface area contributed by atoms with Gasteiger partial charge >= 0.3 is 0 Å². The van der Waals surface area contributed by atoms with E-state index in [1.165, 1.54) is 4.68 Å². The van der Waals surface area contributed by atoms with Crippen LogP contribution in [-0.2, 0) is 16.5 Å². The summed E-state index contributed by atoms with van der Waals surface area (Å²) in [7, 11) is -5.71. The molecule has 0 saturated heterocycles. The minimum absolute atomic E-state index is 0.104. The van der Waals surface area contributed by atoms with Crippen molar-refractivity contribution in [2.75, 3.05) is 0 Å². The molecule has 21 heavy (non-hydrogen) atoms. The molecule has 122 valence electrons. The van der Waals surface area contributed by atoms with E-state index in [-0.39, 0.29) is 16.6 Å². The molecule has 0 amide bonds. The van der Waals surface area contributed by atoms with Crippen LogP contribution in [0.4, 0.5) is 4.39 Å². The van der Waals surface area contributed by atoms with Crippen LogP contribution in [-0.4, -0.2) is 33.4 Å². The van der Waals surface area contributed by atoms with Gasteiger partial charge < -0.3 is 5.11 Å². The lowest BCUT2D eigenvalue weighted by Crippen LogP contribution is -2.37. The molecule has 0 aliphatic carbocycles. The van der Waals surface area contributed by atoms with E-state index in [9.17, 15) is 13.7 Å². The molecule has 3 N–H and O–H groups in total. The molecule has 1 aromatic rings. The van der Waals surface area contributed by atoms with Crippen molar-refractivity contribution in [3.63, 3.8) is 0 Å². The first-order chi connectivity index (χ1) is 9.26. The Kier molecular flexibility index (Phi) is 5.04. The first-order valence-corrected chi connectivity index (χ1v) is 11.3. The average Bonchev–Trinajstić information content (AvgIpc) is 2.55. The van der Waals surface area contributed by atoms with Gasteiger partial charge in [0.05, 0.1) is 18.8 Å². The number of hydrogen-bond acceptors (Lipinski definition) is 4. The van der Waals surface area contributed by atoms with Gasteiger partial charge in [-0.25, -0.2) is 13.7 Å². The van der Waals surface area contributed by atoms with Crippen molar-refractivity contribution < 1.29 is 13.7 Å². The first-order valence-electron chi connectivity index (χ1n) is 6.73. The van der Waals surface area contributed by atoms with Gasteiger partial charge in [-0.1, -0.05) is 20.8 Å². The predicted molar refractivity (Wildman–Crippen MR) is 84.1 cm³/mol. The van der Waals surface area contributed by atoms with E-state index in [4.69, 9.17) is 5.14 Å². The number of aliphatic hydroxyl groups is 1. The second-order valence-corrected chi connectivity index (χ2v) is 13.7. The Hall–Kier alpha value is -0.773. The lowest BCUT2D eigenvalue weighted by atomic mass is 10.2. The van der Waals surface area contributed by atoms with E-state index >= 15 is 0 Å². The molecule has 6 nitrogen and oxygen atoms in total. The standard InChI is InChI=1S/C12H25FN4O2SSi/c1-9(18)7-17-8-10(13)11(15-17)20(14,19)16-21(5,6)12(2,3)4/h8-9,18H,7H2,1-6H3,(H2,14,16,19). The topological polar surface area (TPSA) is 93.5 Å². The Morgan fingerprint density at radius 1 is 1.57 bits per heavy atom. The number of rotatable bonds is 4. The molecule has 0 bridgehead atoms. The van der Waals surface area contributed by atoms with E-state index in [1.807, 2.05) is 33.9 Å². The molecule has 1 heterocycles. The summed E-state index contributed by atoms with van der Waals surface area (Å²) in [6, 6.07) is 0. The minimum atomic E-state index is -3.40. The Balaban J connectivity index is 3.32. The highest BCUT2D eigenvalue weighted by Crippen LogP contribution is 2.37. The lowest BCUT2D eigenvalue weighted by molar-refractivity contribution is 0.168. The smallest absolute Gasteiger partial charge is 0.206 e. The third kappa shape index (κ3) is 4.35. The van der Waals surface area contributed by atoms with Gasteiger partial charge in [-0.2, -0.15) is 5.10 Å². The fourth-order valence-corrected chi connectivity index (χ4v) is 6.17. The molecule has 0 spiro atoms. The summed E-state index contributed by atoms with van der Waals surface area (Å²) in [5.41, 5.74) is 0. The number of hydrogen-bond donors (Lipinski definition) is 2. The van der Waals surface area contributed by atoms with E-state index in [1.54, 1.807) is 6.92 Å². The van der Waals surface area contributed by atoms with Crippen molar-refractivity contribution in [2.24, 2.45) is 9.17 Å². The molecule has 9 heteroatoms. The van der Waals surface area contributed by atoms with Crippen LogP contribution in [0.1, 0.15) is 27.7 Å². The number of nitrogens with two attached hydrogens (primary N) is 1. The van der Waals surface area contributed by atoms with Gasteiger partial charge in [-0.3, -0.25) is 8.71 Å². The SMILES string of the molecule is CC(O)Cn1cc(F)c(S(N)(=O)=N[Si](C)(C)C(C)(C)C)n1. The largest absolute Gasteiger partial charge is 0.391 e. The molecule has 0 saturated carbocycles. The molecule has 0 aromatic carbocycles. The Bertz CT molecular complexity index is 628. The summed E-state index contributed by atoms with van der Waals surface area (Å²) < 4.78 is 32.1. The van der Waals surface area contributed by atoms with Gasteiger partial charge in [0.15, 0.2) is 14.1 Å². The van der Waals surface area contributed by atoms with Crippen LogP contribution >= 0.6 is 0 Å². The maximum absolute atomic E-state index is 14.0. The molecule has 2 atom stereocenters. The summed E-state index contributed by atoms with van der Waals surface area (Å²) >= 11 is 0. The summed E-state index contributed by atoms with van der Waals surface area (Å²) in [5.74, 6) is -0.759. The maximum Gasteiger partial charge on any atom is 0.206 e. The van der Waals surface area contributed by atoms with Crippen molar-refractivity contribution in [2.45, 2.75) is 63.5 Å². The zero-order valence-electron chi connectivity index (χ0n) is 13.4. The number of halogens is 1. The van der Waals surface area contributed by atoms with Crippen molar-refractivity contribution in [3.05, 3.63) is 12.0 Å². The first kappa shape index (κ1) is 18.3. The normalized spacial score (nSPS) is 17.4. The molecule has 0 radical (unpaired) electrons. The highest BCUT2D eigenvalue weighted by atomic mass is 32.2. The number of aromatic nitrogens is 2. The highest BCUT2D eigenvalue weighted by molar-refractivity contribution is 7.92. The van der Waals surface area contributed by atoms with E-state index in [0.717, 1.165) is 6.20 Å². The molecule has 0 aliphatic heterocycles. The second kappa shape index (κ2) is 5.79. The predicted octanol–water partition coefficient (Wildman–Crippen LogP) is 2.11. The molecule has 1 aromatic heterocycles. The van der Waals surface area contributed by atoms with Gasteiger partial charge in [0.25, 0.3) is 0 Å². The second-order valence-electron chi connectivity index (χ2n) is 6.82. The molecular formula is C12H25FN4O2SSi. The third-order valence-corrected chi connectivity index (χ3v) is 11.0. The lowest BCUT2D eigenvalue weighted by Gasteiger charge is -2.32. The van der Waals surface area contributed by atoms with Crippen molar-refractivity contribution in [1.29, 1.82) is 0 Å². The number of nitrogens with zero attached hydrogens (tertiary/aromatic N) is 3. The van der Waals surface area contributed by atoms with Gasteiger partial charge in [-0.05, 0) is 25.1 Å². The Morgan fingerprint density at radius 2 is 2.10 bits per heavy atom. The minimum Gasteiger partial charge on any atom is -0.391 e. The van der Waals surface area contributed by atoms with E-state index < -0.39 is 30.1 Å². The van der Waals surface area contributed by atoms with Gasteiger partial charge in [0.1, 0.15) is 9.92 Å². The van der Waals surface area contributed by atoms with Gasteiger partial charge in [0.2, 0.25) is 5.03 Å². The van der Waals surface area contributed by atoms with Crippen molar-refractivity contribution in [1.82, 2.24) is 9.78 Å². The van der Waals surface area contributed by atoms with Crippen LogP contribution in [0, 0.1) is 5.82 Å². The van der Waals surface area contributed by atoms with Crippen LogP contribution in [0.15, 0.2) is 15.3 Å². The Labute approximate surface area is 126 Å². The summed E-state index contributed by atoms with van der Waals surface area (Å²) in [6.45, 7) is 11.5. The van der Waals surface area contributed by atoms with Crippen LogP contribution in [0.25, 0.3) is 0 Å². The van der Waals surface area contributed by atoms with E-state index in [0.29, 0.717) is 0 Å². The van der Waals surface area contributed by atoms with Gasteiger partial charge in [0, 0.05) is 0 Å². The molecule has 1 rings (SSSR count). The summed E-state index contributed by atoms with van der Waals surface area (Å²) in [6.07, 6.45) is 0.388. The zero-order chi connectivity index (χ0) is 16.6. The average molecular weight is 337 g/mol. The molecule has 2 unspecified atom stereocenters. The van der Waals surface area contributed by atoms with Crippen LogP contribution in [0.5, 0.6) is 0 Å². The van der Waals surface area contributed by atoms with Crippen LogP contribution in [0.3, 0.4) is 0 Å². The van der Waals surface area contributed by atoms with Crippen molar-refractivity contribution in [3.8, 4) is 0 Å². The van der Waals surface area contributed by atoms with Gasteiger partial charge in [-0.15, -0.1) is 0 Å². The summed E-state index contributed by atoms with van der Waals surface area (Å²) in [4.78, 5) is 0. The summed E-state index contributed by atoms with van der Waals surface area (Å²) in [5, 5.41) is 18.5. The molecule has 0 fully saturated rings. The maximum atomic E-state index is 14.0.